The SMILES string of the molecule is CCNCc1cccc(N(CCOC)C(CC)CC)n1. The van der Waals surface area contributed by atoms with Gasteiger partial charge in [-0.25, -0.2) is 4.98 Å². The van der Waals surface area contributed by atoms with E-state index in [2.05, 4.69) is 49.2 Å². The molecule has 0 atom stereocenters. The summed E-state index contributed by atoms with van der Waals surface area (Å²) in [6, 6.07) is 6.79. The number of pyridine rings is 1. The van der Waals surface area contributed by atoms with Crippen LogP contribution in [0.5, 0.6) is 0 Å². The quantitative estimate of drug-likeness (QED) is 0.714. The lowest BCUT2D eigenvalue weighted by Gasteiger charge is -2.31. The first-order valence-corrected chi connectivity index (χ1v) is 7.68. The van der Waals surface area contributed by atoms with Crippen LogP contribution in [0, 0.1) is 0 Å². The van der Waals surface area contributed by atoms with Crippen LogP contribution in [-0.4, -0.2) is 37.8 Å². The lowest BCUT2D eigenvalue weighted by Crippen LogP contribution is -2.37. The van der Waals surface area contributed by atoms with Gasteiger partial charge in [0.15, 0.2) is 0 Å². The molecule has 0 aliphatic heterocycles. The molecular formula is C16H29N3O. The zero-order valence-electron chi connectivity index (χ0n) is 13.4. The summed E-state index contributed by atoms with van der Waals surface area (Å²) in [7, 11) is 1.75. The van der Waals surface area contributed by atoms with Crippen molar-refractivity contribution in [3.63, 3.8) is 0 Å². The van der Waals surface area contributed by atoms with Gasteiger partial charge in [-0.05, 0) is 31.5 Å². The maximum Gasteiger partial charge on any atom is 0.129 e. The average molecular weight is 279 g/mol. The Balaban J connectivity index is 2.87. The maximum atomic E-state index is 5.25. The van der Waals surface area contributed by atoms with E-state index in [-0.39, 0.29) is 0 Å². The molecule has 1 aromatic rings. The number of nitrogens with zero attached hydrogens (tertiary/aromatic N) is 2. The zero-order valence-corrected chi connectivity index (χ0v) is 13.4. The van der Waals surface area contributed by atoms with Crippen LogP contribution >= 0.6 is 0 Å². The fourth-order valence-electron chi connectivity index (χ4n) is 2.38. The zero-order chi connectivity index (χ0) is 14.8. The lowest BCUT2D eigenvalue weighted by atomic mass is 10.1. The van der Waals surface area contributed by atoms with Crippen LogP contribution in [0.4, 0.5) is 5.82 Å². The number of methoxy groups -OCH3 is 1. The van der Waals surface area contributed by atoms with E-state index in [1.165, 1.54) is 0 Å². The number of anilines is 1. The van der Waals surface area contributed by atoms with Crippen molar-refractivity contribution < 1.29 is 4.74 Å². The van der Waals surface area contributed by atoms with Gasteiger partial charge in [0.1, 0.15) is 5.82 Å². The maximum absolute atomic E-state index is 5.25. The molecule has 20 heavy (non-hydrogen) atoms. The number of nitrogens with one attached hydrogen (secondary N) is 1. The van der Waals surface area contributed by atoms with E-state index in [0.717, 1.165) is 50.6 Å². The van der Waals surface area contributed by atoms with Crippen molar-refractivity contribution in [2.45, 2.75) is 46.2 Å². The van der Waals surface area contributed by atoms with E-state index in [0.29, 0.717) is 6.04 Å². The van der Waals surface area contributed by atoms with Gasteiger partial charge in [-0.2, -0.15) is 0 Å². The van der Waals surface area contributed by atoms with Crippen LogP contribution in [0.15, 0.2) is 18.2 Å². The summed E-state index contributed by atoms with van der Waals surface area (Å²) in [6.45, 7) is 9.99. The normalized spacial score (nSPS) is 11.1. The molecule has 0 aliphatic rings. The van der Waals surface area contributed by atoms with E-state index in [9.17, 15) is 0 Å². The highest BCUT2D eigenvalue weighted by Crippen LogP contribution is 2.18. The Kier molecular flexibility index (Phi) is 8.23. The summed E-state index contributed by atoms with van der Waals surface area (Å²) < 4.78 is 5.25. The van der Waals surface area contributed by atoms with Gasteiger partial charge in [0.2, 0.25) is 0 Å². The Bertz CT molecular complexity index is 366. The second-order valence-corrected chi connectivity index (χ2v) is 4.92. The van der Waals surface area contributed by atoms with Gasteiger partial charge >= 0.3 is 0 Å². The molecule has 0 unspecified atom stereocenters. The molecular weight excluding hydrogens is 250 g/mol. The van der Waals surface area contributed by atoms with Crippen molar-refractivity contribution in [2.24, 2.45) is 0 Å². The molecule has 0 spiro atoms. The van der Waals surface area contributed by atoms with E-state index in [1.54, 1.807) is 7.11 Å². The molecule has 4 heteroatoms. The smallest absolute Gasteiger partial charge is 0.129 e. The van der Waals surface area contributed by atoms with Crippen molar-refractivity contribution in [3.8, 4) is 0 Å². The van der Waals surface area contributed by atoms with Crippen molar-refractivity contribution in [3.05, 3.63) is 23.9 Å². The highest BCUT2D eigenvalue weighted by atomic mass is 16.5. The molecule has 1 heterocycles. The Hall–Kier alpha value is -1.13. The van der Waals surface area contributed by atoms with E-state index in [4.69, 9.17) is 9.72 Å². The Morgan fingerprint density at radius 1 is 1.25 bits per heavy atom. The lowest BCUT2D eigenvalue weighted by molar-refractivity contribution is 0.202. The Morgan fingerprint density at radius 3 is 2.60 bits per heavy atom. The first kappa shape index (κ1) is 16.9. The molecule has 0 aromatic carbocycles. The predicted octanol–water partition coefficient (Wildman–Crippen LogP) is 2.83. The molecule has 1 aromatic heterocycles. The van der Waals surface area contributed by atoms with Gasteiger partial charge in [-0.15, -0.1) is 0 Å². The number of hydrogen-bond acceptors (Lipinski definition) is 4. The molecule has 0 fully saturated rings. The van der Waals surface area contributed by atoms with Gasteiger partial charge in [-0.3, -0.25) is 0 Å². The minimum absolute atomic E-state index is 0.520. The molecule has 0 radical (unpaired) electrons. The first-order chi connectivity index (χ1) is 9.76. The third kappa shape index (κ3) is 5.10. The molecule has 0 amide bonds. The summed E-state index contributed by atoms with van der Waals surface area (Å²) in [5.74, 6) is 1.06. The summed E-state index contributed by atoms with van der Waals surface area (Å²) in [4.78, 5) is 7.16. The summed E-state index contributed by atoms with van der Waals surface area (Å²) in [5.41, 5.74) is 1.10. The molecule has 1 rings (SSSR count). The van der Waals surface area contributed by atoms with Crippen molar-refractivity contribution in [1.29, 1.82) is 0 Å². The largest absolute Gasteiger partial charge is 0.383 e. The molecule has 0 aliphatic carbocycles. The molecule has 0 saturated carbocycles. The highest BCUT2D eigenvalue weighted by Gasteiger charge is 2.16. The van der Waals surface area contributed by atoms with Crippen LogP contribution in [0.1, 0.15) is 39.3 Å². The minimum atomic E-state index is 0.520. The Labute approximate surface area is 123 Å². The molecule has 114 valence electrons. The highest BCUT2D eigenvalue weighted by molar-refractivity contribution is 5.40. The second kappa shape index (κ2) is 9.72. The van der Waals surface area contributed by atoms with Gasteiger partial charge in [0.05, 0.1) is 12.3 Å². The Morgan fingerprint density at radius 2 is 2.00 bits per heavy atom. The fraction of sp³-hybridized carbons (Fsp3) is 0.688. The van der Waals surface area contributed by atoms with Gasteiger partial charge in [-0.1, -0.05) is 26.8 Å². The standard InChI is InChI=1S/C16H29N3O/c1-5-15(6-2)19(11-12-20-4)16-10-8-9-14(18-16)13-17-7-3/h8-10,15,17H,5-7,11-13H2,1-4H3. The predicted molar refractivity (Wildman–Crippen MR) is 85.2 cm³/mol. The van der Waals surface area contributed by atoms with E-state index >= 15 is 0 Å². The van der Waals surface area contributed by atoms with Crippen molar-refractivity contribution >= 4 is 5.82 Å². The van der Waals surface area contributed by atoms with Crippen LogP contribution in [-0.2, 0) is 11.3 Å². The molecule has 0 saturated heterocycles. The third-order valence-corrected chi connectivity index (χ3v) is 3.56. The number of ether oxygens (including phenoxy) is 1. The summed E-state index contributed by atoms with van der Waals surface area (Å²) in [6.07, 6.45) is 2.25. The second-order valence-electron chi connectivity index (χ2n) is 4.92. The number of rotatable bonds is 10. The topological polar surface area (TPSA) is 37.4 Å². The monoisotopic (exact) mass is 279 g/mol. The van der Waals surface area contributed by atoms with Crippen molar-refractivity contribution in [1.82, 2.24) is 10.3 Å². The average Bonchev–Trinajstić information content (AvgIpc) is 2.49. The molecule has 0 bridgehead atoms. The van der Waals surface area contributed by atoms with Crippen LogP contribution in [0.2, 0.25) is 0 Å². The van der Waals surface area contributed by atoms with Gasteiger partial charge in [0, 0.05) is 26.2 Å². The third-order valence-electron chi connectivity index (χ3n) is 3.56. The summed E-state index contributed by atoms with van der Waals surface area (Å²) in [5, 5.41) is 3.33. The summed E-state index contributed by atoms with van der Waals surface area (Å²) >= 11 is 0. The molecule has 1 N–H and O–H groups in total. The number of aromatic nitrogens is 1. The minimum Gasteiger partial charge on any atom is -0.383 e. The fourth-order valence-corrected chi connectivity index (χ4v) is 2.38. The van der Waals surface area contributed by atoms with E-state index in [1.807, 2.05) is 0 Å². The first-order valence-electron chi connectivity index (χ1n) is 7.68. The number of hydrogen-bond donors (Lipinski definition) is 1. The molecule has 4 nitrogen and oxygen atoms in total. The van der Waals surface area contributed by atoms with Gasteiger partial charge in [0.25, 0.3) is 0 Å². The van der Waals surface area contributed by atoms with Crippen molar-refractivity contribution in [2.75, 3.05) is 31.7 Å². The van der Waals surface area contributed by atoms with E-state index < -0.39 is 0 Å². The van der Waals surface area contributed by atoms with Crippen LogP contribution in [0.25, 0.3) is 0 Å². The van der Waals surface area contributed by atoms with Crippen LogP contribution < -0.4 is 10.2 Å². The van der Waals surface area contributed by atoms with Crippen LogP contribution in [0.3, 0.4) is 0 Å². The van der Waals surface area contributed by atoms with Gasteiger partial charge < -0.3 is 15.0 Å².